The Morgan fingerprint density at radius 1 is 1.17 bits per heavy atom. The first-order chi connectivity index (χ1) is 13.6. The minimum Gasteiger partial charge on any atom is -0.465 e. The molecule has 2 atom stereocenters. The van der Waals surface area contributed by atoms with Gasteiger partial charge in [0.05, 0.1) is 16.7 Å². The van der Waals surface area contributed by atoms with E-state index in [1.54, 1.807) is 17.9 Å². The molecular weight excluding hydrogens is 415 g/mol. The van der Waals surface area contributed by atoms with E-state index in [0.717, 1.165) is 17.7 Å². The Balaban J connectivity index is 1.87. The normalized spacial score (nSPS) is 21.3. The van der Waals surface area contributed by atoms with Gasteiger partial charge in [0.1, 0.15) is 12.1 Å². The van der Waals surface area contributed by atoms with Crippen LogP contribution in [0.2, 0.25) is 10.0 Å². The third-order valence-corrected chi connectivity index (χ3v) is 6.13. The molecule has 0 unspecified atom stereocenters. The maximum absolute atomic E-state index is 12.6. The lowest BCUT2D eigenvalue weighted by Crippen LogP contribution is -2.40. The zero-order chi connectivity index (χ0) is 21.3. The molecule has 0 aliphatic carbocycles. The first kappa shape index (κ1) is 22.0. The molecule has 2 heterocycles. The summed E-state index contributed by atoms with van der Waals surface area (Å²) in [7, 11) is 0. The quantitative estimate of drug-likeness (QED) is 0.625. The van der Waals surface area contributed by atoms with Crippen molar-refractivity contribution in [2.45, 2.75) is 58.1 Å². The summed E-state index contributed by atoms with van der Waals surface area (Å²) >= 11 is 12.9. The number of likely N-dealkylation sites (tertiary alicyclic amines) is 1. The molecule has 0 N–H and O–H groups in total. The van der Waals surface area contributed by atoms with Gasteiger partial charge in [0.2, 0.25) is 0 Å². The number of halogens is 2. The summed E-state index contributed by atoms with van der Waals surface area (Å²) in [6, 6.07) is 3.72. The van der Waals surface area contributed by atoms with Crippen molar-refractivity contribution in [2.75, 3.05) is 31.1 Å². The molecule has 8 heteroatoms. The number of esters is 1. The molecule has 0 radical (unpaired) electrons. The Morgan fingerprint density at radius 3 is 2.52 bits per heavy atom. The topological polar surface area (TPSA) is 59.1 Å². The summed E-state index contributed by atoms with van der Waals surface area (Å²) in [4.78, 5) is 28.6. The molecule has 2 aliphatic heterocycles. The van der Waals surface area contributed by atoms with Crippen LogP contribution in [0.3, 0.4) is 0 Å². The maximum atomic E-state index is 12.6. The number of benzene rings is 1. The smallest absolute Gasteiger partial charge is 0.410 e. The van der Waals surface area contributed by atoms with Gasteiger partial charge in [0.15, 0.2) is 0 Å². The molecule has 1 saturated heterocycles. The van der Waals surface area contributed by atoms with Crippen LogP contribution in [0.4, 0.5) is 10.5 Å². The van der Waals surface area contributed by atoms with E-state index in [-0.39, 0.29) is 30.6 Å². The van der Waals surface area contributed by atoms with Crippen LogP contribution in [0.1, 0.15) is 52.0 Å². The van der Waals surface area contributed by atoms with Gasteiger partial charge in [-0.15, -0.1) is 0 Å². The Hall–Kier alpha value is -1.66. The predicted octanol–water partition coefficient (Wildman–Crippen LogP) is 4.86. The average molecular weight is 443 g/mol. The van der Waals surface area contributed by atoms with Crippen molar-refractivity contribution in [3.63, 3.8) is 0 Å². The monoisotopic (exact) mass is 442 g/mol. The van der Waals surface area contributed by atoms with Crippen molar-refractivity contribution in [2.24, 2.45) is 0 Å². The number of rotatable bonds is 3. The number of hydrogen-bond acceptors (Lipinski definition) is 5. The van der Waals surface area contributed by atoms with Crippen LogP contribution < -0.4 is 4.90 Å². The van der Waals surface area contributed by atoms with E-state index in [0.29, 0.717) is 36.2 Å². The summed E-state index contributed by atoms with van der Waals surface area (Å²) in [5.41, 5.74) is 1.34. The lowest BCUT2D eigenvalue weighted by Gasteiger charge is -2.29. The minimum atomic E-state index is -0.543. The van der Waals surface area contributed by atoms with Gasteiger partial charge in [-0.25, -0.2) is 4.79 Å². The number of hydrogen-bond donors (Lipinski definition) is 0. The molecule has 0 spiro atoms. The Kier molecular flexibility index (Phi) is 6.54. The fraction of sp³-hybridized carbons (Fsp3) is 0.619. The van der Waals surface area contributed by atoms with Crippen LogP contribution in [0, 0.1) is 0 Å². The van der Waals surface area contributed by atoms with E-state index in [2.05, 4.69) is 4.90 Å². The zero-order valence-electron chi connectivity index (χ0n) is 17.3. The Labute approximate surface area is 182 Å². The Morgan fingerprint density at radius 2 is 1.86 bits per heavy atom. The number of fused-ring (bicyclic) bond motifs is 3. The molecule has 1 amide bonds. The predicted molar refractivity (Wildman–Crippen MR) is 114 cm³/mol. The first-order valence-electron chi connectivity index (χ1n) is 10.0. The van der Waals surface area contributed by atoms with Gasteiger partial charge in [-0.05, 0) is 52.7 Å². The third kappa shape index (κ3) is 4.75. The van der Waals surface area contributed by atoms with Crippen molar-refractivity contribution < 1.29 is 19.1 Å². The molecule has 1 aromatic carbocycles. The number of ether oxygens (including phenoxy) is 2. The number of nitrogens with zero attached hydrogens (tertiary/aromatic N) is 2. The molecule has 6 nitrogen and oxygen atoms in total. The molecule has 160 valence electrons. The van der Waals surface area contributed by atoms with E-state index in [1.165, 1.54) is 0 Å². The second-order valence-electron chi connectivity index (χ2n) is 8.45. The van der Waals surface area contributed by atoms with Gasteiger partial charge in [-0.1, -0.05) is 23.2 Å². The fourth-order valence-electron chi connectivity index (χ4n) is 4.19. The molecule has 1 fully saturated rings. The lowest BCUT2D eigenvalue weighted by molar-refractivity contribution is -0.141. The van der Waals surface area contributed by atoms with E-state index in [1.807, 2.05) is 26.8 Å². The van der Waals surface area contributed by atoms with Crippen molar-refractivity contribution in [3.8, 4) is 0 Å². The van der Waals surface area contributed by atoms with Gasteiger partial charge >= 0.3 is 12.1 Å². The van der Waals surface area contributed by atoms with Crippen LogP contribution in [0.5, 0.6) is 0 Å². The summed E-state index contributed by atoms with van der Waals surface area (Å²) in [6.45, 7) is 8.96. The number of carbonyl (C=O) groups excluding carboxylic acids is 2. The largest absolute Gasteiger partial charge is 0.465 e. The zero-order valence-corrected chi connectivity index (χ0v) is 18.8. The summed E-state index contributed by atoms with van der Waals surface area (Å²) in [5.74, 6) is -0.198. The van der Waals surface area contributed by atoms with Gasteiger partial charge in [0.25, 0.3) is 0 Å². The standard InChI is InChI=1S/C21H28Cl2N2O4/c1-5-28-17(26)12-25-15-9-11-24(20(27)29-21(2,3)4)10-8-13(15)18-16(25)7-6-14(22)19(18)23/h6-7,13,15H,5,8-12H2,1-4H3/t13-,15-/m0/s1. The third-order valence-electron chi connectivity index (χ3n) is 5.32. The number of carbonyl (C=O) groups is 2. The van der Waals surface area contributed by atoms with Crippen LogP contribution in [-0.2, 0) is 14.3 Å². The van der Waals surface area contributed by atoms with Crippen molar-refractivity contribution in [1.82, 2.24) is 4.90 Å². The van der Waals surface area contributed by atoms with Crippen molar-refractivity contribution in [3.05, 3.63) is 27.7 Å². The molecular formula is C21H28Cl2N2O4. The Bertz CT molecular complexity index is 794. The molecule has 0 aromatic heterocycles. The average Bonchev–Trinajstić information content (AvgIpc) is 2.77. The van der Waals surface area contributed by atoms with Gasteiger partial charge < -0.3 is 19.3 Å². The van der Waals surface area contributed by atoms with Gasteiger partial charge in [-0.2, -0.15) is 0 Å². The van der Waals surface area contributed by atoms with Crippen LogP contribution in [0.25, 0.3) is 0 Å². The highest BCUT2D eigenvalue weighted by atomic mass is 35.5. The van der Waals surface area contributed by atoms with Crippen molar-refractivity contribution >= 4 is 41.0 Å². The second kappa shape index (κ2) is 8.60. The molecule has 2 aliphatic rings. The summed E-state index contributed by atoms with van der Waals surface area (Å²) in [5, 5.41) is 1.02. The number of anilines is 1. The summed E-state index contributed by atoms with van der Waals surface area (Å²) in [6.07, 6.45) is 1.11. The summed E-state index contributed by atoms with van der Waals surface area (Å²) < 4.78 is 10.7. The van der Waals surface area contributed by atoms with E-state index >= 15 is 0 Å². The highest BCUT2D eigenvalue weighted by Crippen LogP contribution is 2.50. The van der Waals surface area contributed by atoms with Crippen LogP contribution >= 0.6 is 23.2 Å². The maximum Gasteiger partial charge on any atom is 0.410 e. The molecule has 0 bridgehead atoms. The van der Waals surface area contributed by atoms with E-state index in [9.17, 15) is 9.59 Å². The molecule has 0 saturated carbocycles. The molecule has 29 heavy (non-hydrogen) atoms. The van der Waals surface area contributed by atoms with Gasteiger partial charge in [-0.3, -0.25) is 4.79 Å². The van der Waals surface area contributed by atoms with Gasteiger partial charge in [0, 0.05) is 36.3 Å². The van der Waals surface area contributed by atoms with Crippen LogP contribution in [-0.4, -0.2) is 54.8 Å². The van der Waals surface area contributed by atoms with Crippen molar-refractivity contribution in [1.29, 1.82) is 0 Å². The number of amides is 1. The lowest BCUT2D eigenvalue weighted by atomic mass is 9.91. The molecule has 1 aromatic rings. The fourth-order valence-corrected chi connectivity index (χ4v) is 4.66. The SMILES string of the molecule is CCOC(=O)CN1c2ccc(Cl)c(Cl)c2[C@H]2CCN(C(=O)OC(C)(C)C)CC[C@@H]21. The highest BCUT2D eigenvalue weighted by molar-refractivity contribution is 6.42. The molecule has 3 rings (SSSR count). The van der Waals surface area contributed by atoms with E-state index < -0.39 is 5.60 Å². The van der Waals surface area contributed by atoms with E-state index in [4.69, 9.17) is 32.7 Å². The minimum absolute atomic E-state index is 0.0396. The first-order valence-corrected chi connectivity index (χ1v) is 10.8. The van der Waals surface area contributed by atoms with Crippen LogP contribution in [0.15, 0.2) is 12.1 Å². The second-order valence-corrected chi connectivity index (χ2v) is 9.23. The highest BCUT2D eigenvalue weighted by Gasteiger charge is 2.43.